The predicted molar refractivity (Wildman–Crippen MR) is 151 cm³/mol. The van der Waals surface area contributed by atoms with Gasteiger partial charge in [0, 0.05) is 71.0 Å². The molecule has 2 atom stereocenters. The van der Waals surface area contributed by atoms with Gasteiger partial charge in [0.15, 0.2) is 0 Å². The molecule has 3 aromatic heterocycles. The molecule has 0 aromatic carbocycles. The van der Waals surface area contributed by atoms with Crippen LogP contribution in [-0.4, -0.2) is 49.5 Å². The lowest BCUT2D eigenvalue weighted by atomic mass is 9.89. The van der Waals surface area contributed by atoms with Crippen LogP contribution in [0.1, 0.15) is 105 Å². The van der Waals surface area contributed by atoms with E-state index in [1.54, 1.807) is 11.8 Å². The van der Waals surface area contributed by atoms with Crippen molar-refractivity contribution >= 4 is 17.8 Å². The first-order chi connectivity index (χ1) is 18.5. The number of amides is 2. The Kier molecular flexibility index (Phi) is 7.16. The minimum Gasteiger partial charge on any atom is -0.332 e. The third kappa shape index (κ3) is 5.46. The van der Waals surface area contributed by atoms with Gasteiger partial charge in [0.1, 0.15) is 0 Å². The first kappa shape index (κ1) is 25.4. The molecule has 2 unspecified atom stereocenters. The summed E-state index contributed by atoms with van der Waals surface area (Å²) in [5.41, 5.74) is 5.63. The third-order valence-electron chi connectivity index (χ3n) is 7.95. The van der Waals surface area contributed by atoms with Crippen LogP contribution >= 0.6 is 11.8 Å². The van der Waals surface area contributed by atoms with Gasteiger partial charge in [-0.3, -0.25) is 14.6 Å². The number of urea groups is 1. The van der Waals surface area contributed by atoms with E-state index in [2.05, 4.69) is 66.1 Å². The van der Waals surface area contributed by atoms with Gasteiger partial charge in [-0.15, -0.1) is 11.8 Å². The lowest BCUT2D eigenvalue weighted by molar-refractivity contribution is 0.207. The highest BCUT2D eigenvalue weighted by molar-refractivity contribution is 7.99. The van der Waals surface area contributed by atoms with Crippen molar-refractivity contribution in [2.45, 2.75) is 87.6 Å². The van der Waals surface area contributed by atoms with Crippen molar-refractivity contribution in [3.05, 3.63) is 71.1 Å². The molecule has 2 amide bonds. The normalized spacial score (nSPS) is 21.3. The fraction of sp³-hybridized carbons (Fsp3) is 0.533. The molecule has 7 nitrogen and oxygen atoms in total. The first-order valence-corrected chi connectivity index (χ1v) is 15.2. The molecule has 1 saturated heterocycles. The molecular weight excluding hydrogens is 492 g/mol. The van der Waals surface area contributed by atoms with Gasteiger partial charge in [0.25, 0.3) is 0 Å². The molecule has 0 bridgehead atoms. The van der Waals surface area contributed by atoms with Crippen LogP contribution in [0.5, 0.6) is 0 Å². The Hall–Kier alpha value is -2.87. The van der Waals surface area contributed by atoms with Crippen molar-refractivity contribution in [2.24, 2.45) is 0 Å². The van der Waals surface area contributed by atoms with Crippen molar-refractivity contribution in [3.8, 4) is 0 Å². The Morgan fingerprint density at radius 2 is 1.76 bits per heavy atom. The summed E-state index contributed by atoms with van der Waals surface area (Å²) in [5, 5.41) is 8.16. The van der Waals surface area contributed by atoms with E-state index in [9.17, 15) is 4.79 Å². The maximum absolute atomic E-state index is 13.4. The summed E-state index contributed by atoms with van der Waals surface area (Å²) in [7, 11) is 0. The number of nitrogens with zero attached hydrogens (tertiary/aromatic N) is 5. The van der Waals surface area contributed by atoms with Crippen molar-refractivity contribution < 1.29 is 4.79 Å². The maximum atomic E-state index is 13.4. The summed E-state index contributed by atoms with van der Waals surface area (Å²) in [6.07, 6.45) is 6.81. The van der Waals surface area contributed by atoms with Crippen LogP contribution in [0.15, 0.2) is 47.5 Å². The second kappa shape index (κ2) is 10.7. The SMILES string of the molecule is CCSc1ccc(CNC(=O)N2CC(c3cccc(C4CC4)n3)C(c3cc(C4CC4)nn3C(C)C)C2)nc1. The molecule has 6 rings (SSSR count). The van der Waals surface area contributed by atoms with Crippen LogP contribution < -0.4 is 5.32 Å². The molecule has 3 fully saturated rings. The monoisotopic (exact) mass is 530 g/mol. The Bertz CT molecular complexity index is 1280. The van der Waals surface area contributed by atoms with Crippen molar-refractivity contribution in [3.63, 3.8) is 0 Å². The van der Waals surface area contributed by atoms with E-state index in [0.29, 0.717) is 31.5 Å². The quantitative estimate of drug-likeness (QED) is 0.333. The second-order valence-electron chi connectivity index (χ2n) is 11.3. The van der Waals surface area contributed by atoms with Crippen molar-refractivity contribution in [1.29, 1.82) is 0 Å². The average Bonchev–Trinajstić information content (AvgIpc) is 3.86. The van der Waals surface area contributed by atoms with Gasteiger partial charge >= 0.3 is 6.03 Å². The predicted octanol–water partition coefficient (Wildman–Crippen LogP) is 6.21. The lowest BCUT2D eigenvalue weighted by Crippen LogP contribution is -2.38. The standard InChI is InChI=1S/C30H38N6OS/c1-4-38-23-13-12-22(31-16-23)15-32-30(37)35-17-24(27-7-5-6-26(33-27)20-8-9-20)25(18-35)29-14-28(21-10-11-21)34-36(29)19(2)3/h5-7,12-14,16,19-21,24-25H,4,8-11,15,17-18H2,1-3H3,(H,32,37). The van der Waals surface area contributed by atoms with Gasteiger partial charge in [-0.25, -0.2) is 4.79 Å². The highest BCUT2D eigenvalue weighted by atomic mass is 32.2. The summed E-state index contributed by atoms with van der Waals surface area (Å²) < 4.78 is 2.21. The van der Waals surface area contributed by atoms with Crippen LogP contribution in [-0.2, 0) is 6.54 Å². The van der Waals surface area contributed by atoms with Gasteiger partial charge in [0.2, 0.25) is 0 Å². The Morgan fingerprint density at radius 1 is 1.03 bits per heavy atom. The number of carbonyl (C=O) groups excluding carboxylic acids is 1. The summed E-state index contributed by atoms with van der Waals surface area (Å²) in [5.74, 6) is 2.52. The molecule has 8 heteroatoms. The van der Waals surface area contributed by atoms with Crippen molar-refractivity contribution in [2.75, 3.05) is 18.8 Å². The van der Waals surface area contributed by atoms with E-state index in [-0.39, 0.29) is 23.9 Å². The van der Waals surface area contributed by atoms with E-state index >= 15 is 0 Å². The Morgan fingerprint density at radius 3 is 2.45 bits per heavy atom. The molecule has 1 aliphatic heterocycles. The van der Waals surface area contributed by atoms with Crippen LogP contribution in [0.3, 0.4) is 0 Å². The maximum Gasteiger partial charge on any atom is 0.317 e. The van der Waals surface area contributed by atoms with Crippen LogP contribution in [0.4, 0.5) is 4.79 Å². The van der Waals surface area contributed by atoms with Crippen LogP contribution in [0.25, 0.3) is 0 Å². The molecule has 0 spiro atoms. The number of aromatic nitrogens is 4. The zero-order valence-corrected chi connectivity index (χ0v) is 23.5. The van der Waals surface area contributed by atoms with E-state index in [1.807, 2.05) is 17.2 Å². The number of nitrogens with one attached hydrogen (secondary N) is 1. The number of carbonyl (C=O) groups is 1. The molecule has 2 saturated carbocycles. The van der Waals surface area contributed by atoms with E-state index < -0.39 is 0 Å². The van der Waals surface area contributed by atoms with E-state index in [0.717, 1.165) is 22.0 Å². The fourth-order valence-corrected chi connectivity index (χ4v) is 6.22. The highest BCUT2D eigenvalue weighted by Gasteiger charge is 2.41. The largest absolute Gasteiger partial charge is 0.332 e. The molecule has 200 valence electrons. The molecular formula is C30H38N6OS. The summed E-state index contributed by atoms with van der Waals surface area (Å²) in [6.45, 7) is 8.27. The molecule has 1 N–H and O–H groups in total. The van der Waals surface area contributed by atoms with Gasteiger partial charge in [0.05, 0.1) is 17.9 Å². The Labute approximate surface area is 229 Å². The number of hydrogen-bond donors (Lipinski definition) is 1. The molecule has 3 aliphatic rings. The minimum absolute atomic E-state index is 0.0392. The molecule has 2 aliphatic carbocycles. The van der Waals surface area contributed by atoms with E-state index in [4.69, 9.17) is 10.1 Å². The summed E-state index contributed by atoms with van der Waals surface area (Å²) >= 11 is 1.77. The molecule has 3 aromatic rings. The molecule has 0 radical (unpaired) electrons. The first-order valence-electron chi connectivity index (χ1n) is 14.2. The number of likely N-dealkylation sites (tertiary alicyclic amines) is 1. The number of pyridine rings is 2. The second-order valence-corrected chi connectivity index (χ2v) is 12.6. The third-order valence-corrected chi connectivity index (χ3v) is 8.82. The van der Waals surface area contributed by atoms with E-state index in [1.165, 1.54) is 42.8 Å². The molecule has 4 heterocycles. The highest BCUT2D eigenvalue weighted by Crippen LogP contribution is 2.45. The van der Waals surface area contributed by atoms with Gasteiger partial charge in [-0.05, 0) is 75.6 Å². The summed E-state index contributed by atoms with van der Waals surface area (Å²) in [4.78, 5) is 26.2. The van der Waals surface area contributed by atoms with Gasteiger partial charge < -0.3 is 10.2 Å². The summed E-state index contributed by atoms with van der Waals surface area (Å²) in [6, 6.07) is 13.1. The zero-order valence-electron chi connectivity index (χ0n) is 22.6. The Balaban J connectivity index is 1.24. The number of thioether (sulfide) groups is 1. The molecule has 38 heavy (non-hydrogen) atoms. The zero-order chi connectivity index (χ0) is 26.2. The van der Waals surface area contributed by atoms with Gasteiger partial charge in [-0.1, -0.05) is 13.0 Å². The lowest BCUT2D eigenvalue weighted by Gasteiger charge is -2.21. The van der Waals surface area contributed by atoms with Crippen LogP contribution in [0.2, 0.25) is 0 Å². The number of hydrogen-bond acceptors (Lipinski definition) is 5. The topological polar surface area (TPSA) is 75.9 Å². The van der Waals surface area contributed by atoms with Crippen molar-refractivity contribution in [1.82, 2.24) is 30.0 Å². The fourth-order valence-electron chi connectivity index (χ4n) is 5.59. The minimum atomic E-state index is -0.0392. The van der Waals surface area contributed by atoms with Gasteiger partial charge in [-0.2, -0.15) is 5.10 Å². The van der Waals surface area contributed by atoms with Crippen LogP contribution in [0, 0.1) is 0 Å². The smallest absolute Gasteiger partial charge is 0.317 e. The average molecular weight is 531 g/mol. The number of rotatable bonds is 9.